The second kappa shape index (κ2) is 10.3. The van der Waals surface area contributed by atoms with Gasteiger partial charge in [-0.3, -0.25) is 0 Å². The second-order valence-corrected chi connectivity index (χ2v) is 5.19. The second-order valence-electron chi connectivity index (χ2n) is 5.19. The molecular weight excluding hydrogens is 304 g/mol. The number of ether oxygens (including phenoxy) is 2. The fraction of sp³-hybridized carbons (Fsp3) is 0.316. The van der Waals surface area contributed by atoms with Crippen molar-refractivity contribution in [3.05, 3.63) is 60.2 Å². The van der Waals surface area contributed by atoms with E-state index in [1.165, 1.54) is 0 Å². The molecule has 0 saturated carbocycles. The van der Waals surface area contributed by atoms with Gasteiger partial charge in [-0.1, -0.05) is 36.4 Å². The average molecular weight is 328 g/mol. The van der Waals surface area contributed by atoms with Gasteiger partial charge in [0, 0.05) is 31.0 Å². The van der Waals surface area contributed by atoms with E-state index in [9.17, 15) is 4.79 Å². The highest BCUT2D eigenvalue weighted by Crippen LogP contribution is 2.18. The van der Waals surface area contributed by atoms with Gasteiger partial charge in [-0.05, 0) is 31.5 Å². The minimum absolute atomic E-state index is 0.223. The normalized spacial score (nSPS) is 10.2. The van der Waals surface area contributed by atoms with Crippen LogP contribution in [0.3, 0.4) is 0 Å². The molecule has 2 aromatic carbocycles. The van der Waals surface area contributed by atoms with E-state index in [4.69, 9.17) is 9.47 Å². The molecule has 0 aliphatic rings. The zero-order chi connectivity index (χ0) is 17.0. The summed E-state index contributed by atoms with van der Waals surface area (Å²) >= 11 is 0. The highest BCUT2D eigenvalue weighted by molar-refractivity contribution is 5.90. The first-order valence-corrected chi connectivity index (χ1v) is 8.18. The SMILES string of the molecule is CCOCCCNC(=O)Nc1ccccc1COc1ccccc1. The number of carbonyl (C=O) groups excluding carboxylic acids is 1. The van der Waals surface area contributed by atoms with E-state index in [-0.39, 0.29) is 6.03 Å². The van der Waals surface area contributed by atoms with Gasteiger partial charge in [0.15, 0.2) is 0 Å². The third-order valence-electron chi connectivity index (χ3n) is 3.36. The number of anilines is 1. The van der Waals surface area contributed by atoms with Crippen LogP contribution in [-0.4, -0.2) is 25.8 Å². The van der Waals surface area contributed by atoms with Crippen LogP contribution >= 0.6 is 0 Å². The fourth-order valence-corrected chi connectivity index (χ4v) is 2.13. The van der Waals surface area contributed by atoms with Crippen LogP contribution in [0.4, 0.5) is 10.5 Å². The van der Waals surface area contributed by atoms with Crippen molar-refractivity contribution < 1.29 is 14.3 Å². The van der Waals surface area contributed by atoms with Gasteiger partial charge in [0.25, 0.3) is 0 Å². The maximum absolute atomic E-state index is 12.0. The molecule has 2 rings (SSSR count). The van der Waals surface area contributed by atoms with E-state index in [1.807, 2.05) is 61.5 Å². The topological polar surface area (TPSA) is 59.6 Å². The lowest BCUT2D eigenvalue weighted by molar-refractivity contribution is 0.145. The van der Waals surface area contributed by atoms with E-state index in [1.54, 1.807) is 0 Å². The van der Waals surface area contributed by atoms with Crippen molar-refractivity contribution in [1.29, 1.82) is 0 Å². The highest BCUT2D eigenvalue weighted by Gasteiger charge is 2.06. The van der Waals surface area contributed by atoms with Crippen LogP contribution in [0.5, 0.6) is 5.75 Å². The summed E-state index contributed by atoms with van der Waals surface area (Å²) in [5.74, 6) is 0.799. The minimum Gasteiger partial charge on any atom is -0.489 e. The molecule has 0 fully saturated rings. The molecule has 0 aromatic heterocycles. The minimum atomic E-state index is -0.223. The Hall–Kier alpha value is -2.53. The van der Waals surface area contributed by atoms with E-state index in [0.29, 0.717) is 26.4 Å². The molecule has 0 radical (unpaired) electrons. The first kappa shape index (κ1) is 17.8. The average Bonchev–Trinajstić information content (AvgIpc) is 2.62. The first-order chi connectivity index (χ1) is 11.8. The van der Waals surface area contributed by atoms with Crippen LogP contribution in [0.2, 0.25) is 0 Å². The summed E-state index contributed by atoms with van der Waals surface area (Å²) in [5.41, 5.74) is 1.67. The predicted octanol–water partition coefficient (Wildman–Crippen LogP) is 3.81. The zero-order valence-corrected chi connectivity index (χ0v) is 14.0. The zero-order valence-electron chi connectivity index (χ0n) is 14.0. The third-order valence-corrected chi connectivity index (χ3v) is 3.36. The molecule has 0 spiro atoms. The lowest BCUT2D eigenvalue weighted by Gasteiger charge is -2.13. The van der Waals surface area contributed by atoms with E-state index in [0.717, 1.165) is 23.4 Å². The summed E-state index contributed by atoms with van der Waals surface area (Å²) < 4.78 is 11.0. The summed E-state index contributed by atoms with van der Waals surface area (Å²) in [4.78, 5) is 12.0. The summed E-state index contributed by atoms with van der Waals surface area (Å²) in [5, 5.41) is 5.69. The van der Waals surface area contributed by atoms with Gasteiger partial charge in [-0.25, -0.2) is 4.79 Å². The Bertz CT molecular complexity index is 617. The van der Waals surface area contributed by atoms with Crippen LogP contribution < -0.4 is 15.4 Å². The molecule has 5 heteroatoms. The van der Waals surface area contributed by atoms with E-state index in [2.05, 4.69) is 10.6 Å². The standard InChI is InChI=1S/C19H24N2O3/c1-2-23-14-8-13-20-19(22)21-18-12-7-6-9-16(18)15-24-17-10-4-3-5-11-17/h3-7,9-12H,2,8,13-15H2,1H3,(H2,20,21,22). The number of para-hydroxylation sites is 2. The van der Waals surface area contributed by atoms with Crippen LogP contribution in [-0.2, 0) is 11.3 Å². The monoisotopic (exact) mass is 328 g/mol. The van der Waals surface area contributed by atoms with Crippen molar-refractivity contribution >= 4 is 11.7 Å². The molecule has 2 aromatic rings. The molecule has 5 nitrogen and oxygen atoms in total. The number of urea groups is 1. The van der Waals surface area contributed by atoms with Gasteiger partial charge >= 0.3 is 6.03 Å². The van der Waals surface area contributed by atoms with E-state index >= 15 is 0 Å². The summed E-state index contributed by atoms with van der Waals surface area (Å²) in [6.07, 6.45) is 0.792. The number of hydrogen-bond donors (Lipinski definition) is 2. The largest absolute Gasteiger partial charge is 0.489 e. The quantitative estimate of drug-likeness (QED) is 0.688. The maximum atomic E-state index is 12.0. The molecule has 0 atom stereocenters. The molecule has 24 heavy (non-hydrogen) atoms. The highest BCUT2D eigenvalue weighted by atomic mass is 16.5. The fourth-order valence-electron chi connectivity index (χ4n) is 2.13. The van der Waals surface area contributed by atoms with Crippen LogP contribution in [0.15, 0.2) is 54.6 Å². The summed E-state index contributed by atoms with van der Waals surface area (Å²) in [6.45, 7) is 4.27. The lowest BCUT2D eigenvalue weighted by Crippen LogP contribution is -2.30. The van der Waals surface area contributed by atoms with Crippen LogP contribution in [0, 0.1) is 0 Å². The van der Waals surface area contributed by atoms with Crippen molar-refractivity contribution in [3.63, 3.8) is 0 Å². The molecule has 0 aliphatic carbocycles. The molecule has 0 aliphatic heterocycles. The van der Waals surface area contributed by atoms with Crippen molar-refractivity contribution in [3.8, 4) is 5.75 Å². The van der Waals surface area contributed by atoms with E-state index < -0.39 is 0 Å². The summed E-state index contributed by atoms with van der Waals surface area (Å²) in [7, 11) is 0. The van der Waals surface area contributed by atoms with Gasteiger partial charge in [0.05, 0.1) is 0 Å². The van der Waals surface area contributed by atoms with Crippen LogP contribution in [0.25, 0.3) is 0 Å². The van der Waals surface area contributed by atoms with Crippen LogP contribution in [0.1, 0.15) is 18.9 Å². The number of hydrogen-bond acceptors (Lipinski definition) is 3. The molecule has 0 saturated heterocycles. The Morgan fingerprint density at radius 2 is 1.79 bits per heavy atom. The maximum Gasteiger partial charge on any atom is 0.319 e. The van der Waals surface area contributed by atoms with Gasteiger partial charge < -0.3 is 20.1 Å². The Kier molecular flexibility index (Phi) is 7.63. The number of amides is 2. The predicted molar refractivity (Wildman–Crippen MR) is 95.3 cm³/mol. The number of nitrogens with one attached hydrogen (secondary N) is 2. The summed E-state index contributed by atoms with van der Waals surface area (Å²) in [6, 6.07) is 17.0. The molecule has 0 bridgehead atoms. The molecule has 2 amide bonds. The number of benzene rings is 2. The Balaban J connectivity index is 1.83. The first-order valence-electron chi connectivity index (χ1n) is 8.18. The molecule has 0 heterocycles. The smallest absolute Gasteiger partial charge is 0.319 e. The Morgan fingerprint density at radius 3 is 2.58 bits per heavy atom. The third kappa shape index (κ3) is 6.30. The van der Waals surface area contributed by atoms with Gasteiger partial charge in [-0.2, -0.15) is 0 Å². The van der Waals surface area contributed by atoms with Crippen molar-refractivity contribution in [2.45, 2.75) is 20.0 Å². The molecule has 2 N–H and O–H groups in total. The van der Waals surface area contributed by atoms with Gasteiger partial charge in [-0.15, -0.1) is 0 Å². The van der Waals surface area contributed by atoms with Gasteiger partial charge in [0.2, 0.25) is 0 Å². The molecule has 0 unspecified atom stereocenters. The van der Waals surface area contributed by atoms with Crippen molar-refractivity contribution in [1.82, 2.24) is 5.32 Å². The lowest BCUT2D eigenvalue weighted by atomic mass is 10.2. The number of rotatable bonds is 9. The molecule has 128 valence electrons. The Labute approximate surface area is 143 Å². The Morgan fingerprint density at radius 1 is 1.04 bits per heavy atom. The van der Waals surface area contributed by atoms with Crippen molar-refractivity contribution in [2.24, 2.45) is 0 Å². The van der Waals surface area contributed by atoms with Gasteiger partial charge in [0.1, 0.15) is 12.4 Å². The molecular formula is C19H24N2O3. The number of carbonyl (C=O) groups is 1. The van der Waals surface area contributed by atoms with Crippen molar-refractivity contribution in [2.75, 3.05) is 25.1 Å².